The van der Waals surface area contributed by atoms with Gasteiger partial charge in [0.25, 0.3) is 0 Å². The van der Waals surface area contributed by atoms with Gasteiger partial charge in [-0.2, -0.15) is 0 Å². The van der Waals surface area contributed by atoms with Gasteiger partial charge in [-0.05, 0) is 55.3 Å². The Balaban J connectivity index is 1.65. The summed E-state index contributed by atoms with van der Waals surface area (Å²) >= 11 is 0. The predicted octanol–water partition coefficient (Wildman–Crippen LogP) is 4.39. The third-order valence-corrected chi connectivity index (χ3v) is 4.16. The van der Waals surface area contributed by atoms with Crippen LogP contribution >= 0.6 is 0 Å². The number of aromatic nitrogens is 4. The van der Waals surface area contributed by atoms with Crippen molar-refractivity contribution in [1.82, 2.24) is 19.9 Å². The van der Waals surface area contributed by atoms with Crippen molar-refractivity contribution in [3.63, 3.8) is 0 Å². The summed E-state index contributed by atoms with van der Waals surface area (Å²) in [6.07, 6.45) is 5.63. The highest BCUT2D eigenvalue weighted by atomic mass is 15.0. The van der Waals surface area contributed by atoms with Gasteiger partial charge in [-0.25, -0.2) is 15.0 Å². The van der Waals surface area contributed by atoms with Gasteiger partial charge in [0.2, 0.25) is 0 Å². The number of hydrogen-bond donors (Lipinski definition) is 2. The minimum Gasteiger partial charge on any atom is -0.384 e. The average Bonchev–Trinajstić information content (AvgIpc) is 3.02. The van der Waals surface area contributed by atoms with Gasteiger partial charge in [-0.1, -0.05) is 29.8 Å². The molecule has 1 aromatic carbocycles. The zero-order valence-electron chi connectivity index (χ0n) is 14.7. The maximum Gasteiger partial charge on any atom is 0.178 e. The van der Waals surface area contributed by atoms with Gasteiger partial charge in [-0.15, -0.1) is 0 Å². The fourth-order valence-electron chi connectivity index (χ4n) is 2.87. The van der Waals surface area contributed by atoms with E-state index in [0.717, 1.165) is 33.7 Å². The number of fused-ring (bicyclic) bond motifs is 1. The minimum atomic E-state index is 0.513. The number of rotatable bonds is 3. The van der Waals surface area contributed by atoms with Gasteiger partial charge in [0.05, 0.1) is 11.2 Å². The number of nitrogens with two attached hydrogens (primary N) is 1. The summed E-state index contributed by atoms with van der Waals surface area (Å²) in [4.78, 5) is 16.6. The Morgan fingerprint density at radius 1 is 0.885 bits per heavy atom. The van der Waals surface area contributed by atoms with Crippen molar-refractivity contribution in [1.29, 1.82) is 0 Å². The maximum absolute atomic E-state index is 5.79. The van der Waals surface area contributed by atoms with Crippen molar-refractivity contribution in [2.24, 2.45) is 0 Å². The van der Waals surface area contributed by atoms with Gasteiger partial charge in [-0.3, -0.25) is 0 Å². The number of anilines is 1. The van der Waals surface area contributed by atoms with Crippen LogP contribution in [-0.4, -0.2) is 19.9 Å². The largest absolute Gasteiger partial charge is 0.384 e. The molecule has 26 heavy (non-hydrogen) atoms. The van der Waals surface area contributed by atoms with E-state index in [-0.39, 0.29) is 0 Å². The van der Waals surface area contributed by atoms with Crippen LogP contribution in [0.25, 0.3) is 34.4 Å². The topological polar surface area (TPSA) is 80.5 Å². The Labute approximate surface area is 151 Å². The van der Waals surface area contributed by atoms with Crippen LogP contribution in [0.15, 0.2) is 48.7 Å². The highest BCUT2D eigenvalue weighted by Gasteiger charge is 2.05. The molecule has 4 rings (SSSR count). The molecular formula is C21H19N5. The van der Waals surface area contributed by atoms with Crippen LogP contribution in [0.3, 0.4) is 0 Å². The number of nitrogens with one attached hydrogen (secondary N) is 1. The molecule has 3 aromatic heterocycles. The van der Waals surface area contributed by atoms with Crippen LogP contribution in [0.5, 0.6) is 0 Å². The molecule has 3 heterocycles. The Hall–Kier alpha value is -3.47. The molecule has 0 amide bonds. The Kier molecular flexibility index (Phi) is 3.97. The summed E-state index contributed by atoms with van der Waals surface area (Å²) in [5.41, 5.74) is 12.7. The van der Waals surface area contributed by atoms with E-state index in [0.29, 0.717) is 11.5 Å². The molecule has 5 heteroatoms. The van der Waals surface area contributed by atoms with E-state index in [4.69, 9.17) is 5.73 Å². The summed E-state index contributed by atoms with van der Waals surface area (Å²) < 4.78 is 0. The van der Waals surface area contributed by atoms with Crippen LogP contribution in [-0.2, 0) is 0 Å². The summed E-state index contributed by atoms with van der Waals surface area (Å²) in [6, 6.07) is 14.3. The number of benzene rings is 1. The number of H-pyrrole nitrogens is 1. The number of aryl methyl sites for hydroxylation is 2. The lowest BCUT2D eigenvalue weighted by atomic mass is 10.1. The fourth-order valence-corrected chi connectivity index (χ4v) is 2.87. The lowest BCUT2D eigenvalue weighted by Gasteiger charge is -2.01. The van der Waals surface area contributed by atoms with Crippen LogP contribution < -0.4 is 5.73 Å². The van der Waals surface area contributed by atoms with Crippen LogP contribution in [0.2, 0.25) is 0 Å². The van der Waals surface area contributed by atoms with Crippen LogP contribution in [0, 0.1) is 13.8 Å². The van der Waals surface area contributed by atoms with E-state index >= 15 is 0 Å². The second-order valence-corrected chi connectivity index (χ2v) is 6.41. The SMILES string of the molecule is Cc1ccc(-c2cnc3nc(/C=C/c4cc(C)cc(N)n4)[nH]c3c2)cc1. The second-order valence-electron chi connectivity index (χ2n) is 6.41. The molecule has 5 nitrogen and oxygen atoms in total. The number of nitrogen functional groups attached to an aromatic ring is 1. The zero-order chi connectivity index (χ0) is 18.1. The first-order valence-electron chi connectivity index (χ1n) is 8.42. The van der Waals surface area contributed by atoms with Crippen LogP contribution in [0.1, 0.15) is 22.6 Å². The molecule has 0 bridgehead atoms. The number of nitrogens with zero attached hydrogens (tertiary/aromatic N) is 3. The molecule has 0 unspecified atom stereocenters. The number of pyridine rings is 2. The molecule has 0 radical (unpaired) electrons. The predicted molar refractivity (Wildman–Crippen MR) is 106 cm³/mol. The number of imidazole rings is 1. The van der Waals surface area contributed by atoms with E-state index in [2.05, 4.69) is 57.2 Å². The molecule has 0 aliphatic heterocycles. The molecule has 4 aromatic rings. The summed E-state index contributed by atoms with van der Waals surface area (Å²) in [7, 11) is 0. The van der Waals surface area contributed by atoms with Gasteiger partial charge in [0.1, 0.15) is 11.6 Å². The van der Waals surface area contributed by atoms with Crippen molar-refractivity contribution in [2.45, 2.75) is 13.8 Å². The highest BCUT2D eigenvalue weighted by Crippen LogP contribution is 2.22. The van der Waals surface area contributed by atoms with Gasteiger partial charge >= 0.3 is 0 Å². The van der Waals surface area contributed by atoms with E-state index in [1.165, 1.54) is 5.56 Å². The molecule has 0 fully saturated rings. The second kappa shape index (κ2) is 6.44. The van der Waals surface area contributed by atoms with Crippen molar-refractivity contribution in [3.8, 4) is 11.1 Å². The third kappa shape index (κ3) is 3.32. The lowest BCUT2D eigenvalue weighted by molar-refractivity contribution is 1.25. The normalized spacial score (nSPS) is 11.5. The molecule has 0 spiro atoms. The molecule has 128 valence electrons. The summed E-state index contributed by atoms with van der Waals surface area (Å²) in [5, 5.41) is 0. The smallest absolute Gasteiger partial charge is 0.178 e. The Morgan fingerprint density at radius 2 is 1.69 bits per heavy atom. The molecule has 0 atom stereocenters. The fraction of sp³-hybridized carbons (Fsp3) is 0.0952. The molecule has 3 N–H and O–H groups in total. The monoisotopic (exact) mass is 341 g/mol. The van der Waals surface area contributed by atoms with Crippen molar-refractivity contribution >= 4 is 29.1 Å². The number of aromatic amines is 1. The number of hydrogen-bond acceptors (Lipinski definition) is 4. The molecule has 0 aliphatic carbocycles. The van der Waals surface area contributed by atoms with E-state index < -0.39 is 0 Å². The first-order chi connectivity index (χ1) is 12.6. The molecule has 0 saturated carbocycles. The quantitative estimate of drug-likeness (QED) is 0.579. The van der Waals surface area contributed by atoms with E-state index in [1.54, 1.807) is 0 Å². The molecular weight excluding hydrogens is 322 g/mol. The van der Waals surface area contributed by atoms with Crippen LogP contribution in [0.4, 0.5) is 5.82 Å². The molecule has 0 saturated heterocycles. The van der Waals surface area contributed by atoms with Gasteiger partial charge in [0, 0.05) is 11.8 Å². The Morgan fingerprint density at radius 3 is 2.46 bits per heavy atom. The zero-order valence-corrected chi connectivity index (χ0v) is 14.7. The van der Waals surface area contributed by atoms with Crippen molar-refractivity contribution in [2.75, 3.05) is 5.73 Å². The maximum atomic E-state index is 5.79. The van der Waals surface area contributed by atoms with Crippen molar-refractivity contribution in [3.05, 3.63) is 71.3 Å². The van der Waals surface area contributed by atoms with Crippen molar-refractivity contribution < 1.29 is 0 Å². The van der Waals surface area contributed by atoms with Gasteiger partial charge < -0.3 is 10.7 Å². The van der Waals surface area contributed by atoms with E-state index in [9.17, 15) is 0 Å². The molecule has 0 aliphatic rings. The standard InChI is InChI=1S/C21H19N5/c1-13-3-5-15(6-4-13)16-11-18-21(23-12-16)26-20(25-18)8-7-17-9-14(2)10-19(22)24-17/h3-12H,1-2H3,(H2,22,24)(H,23,25,26)/b8-7+. The van der Waals surface area contributed by atoms with E-state index in [1.807, 2.05) is 37.4 Å². The average molecular weight is 341 g/mol. The summed E-state index contributed by atoms with van der Waals surface area (Å²) in [6.45, 7) is 4.07. The third-order valence-electron chi connectivity index (χ3n) is 4.16. The first kappa shape index (κ1) is 16.0. The Bertz CT molecular complexity index is 1090. The minimum absolute atomic E-state index is 0.513. The lowest BCUT2D eigenvalue weighted by Crippen LogP contribution is -1.92. The summed E-state index contributed by atoms with van der Waals surface area (Å²) in [5.74, 6) is 1.24. The van der Waals surface area contributed by atoms with Gasteiger partial charge in [0.15, 0.2) is 5.65 Å². The first-order valence-corrected chi connectivity index (χ1v) is 8.42. The highest BCUT2D eigenvalue weighted by molar-refractivity contribution is 5.80.